The highest BCUT2D eigenvalue weighted by molar-refractivity contribution is 7.99. The Balaban J connectivity index is 2.14. The molecule has 0 aromatic rings. The second-order valence-electron chi connectivity index (χ2n) is 4.43. The van der Waals surface area contributed by atoms with Gasteiger partial charge in [0.2, 0.25) is 0 Å². The fraction of sp³-hybridized carbons (Fsp3) is 0.917. The van der Waals surface area contributed by atoms with Crippen LogP contribution in [0.2, 0.25) is 0 Å². The highest BCUT2D eigenvalue weighted by Crippen LogP contribution is 2.24. The lowest BCUT2D eigenvalue weighted by Gasteiger charge is -2.23. The fourth-order valence-corrected chi connectivity index (χ4v) is 3.34. The first kappa shape index (κ1) is 15.2. The maximum atomic E-state index is 5.69. The summed E-state index contributed by atoms with van der Waals surface area (Å²) in [4.78, 5) is 0.863. The number of ether oxygens (including phenoxy) is 1. The van der Waals surface area contributed by atoms with E-state index in [1.165, 1.54) is 19.3 Å². The molecule has 3 nitrogen and oxygen atoms in total. The Morgan fingerprint density at radius 1 is 1.53 bits per heavy atom. The van der Waals surface area contributed by atoms with Crippen molar-refractivity contribution in [2.45, 2.75) is 50.5 Å². The van der Waals surface area contributed by atoms with Gasteiger partial charge in [0.05, 0.1) is 4.99 Å². The smallest absolute Gasteiger partial charge is 0.103 e. The molecule has 0 aromatic carbocycles. The Labute approximate surface area is 114 Å². The van der Waals surface area contributed by atoms with Crippen molar-refractivity contribution in [3.63, 3.8) is 0 Å². The van der Waals surface area contributed by atoms with E-state index >= 15 is 0 Å². The van der Waals surface area contributed by atoms with Crippen LogP contribution in [-0.2, 0) is 4.74 Å². The SMILES string of the molecule is CC(=S)NC(CCN)CCSC1CCCCO1. The Morgan fingerprint density at radius 3 is 2.94 bits per heavy atom. The Bertz CT molecular complexity index is 221. The van der Waals surface area contributed by atoms with Gasteiger partial charge in [0.15, 0.2) is 0 Å². The molecule has 1 rings (SSSR count). The summed E-state index contributed by atoms with van der Waals surface area (Å²) in [6.07, 6.45) is 5.82. The van der Waals surface area contributed by atoms with Gasteiger partial charge in [0.1, 0.15) is 5.44 Å². The monoisotopic (exact) mass is 276 g/mol. The Kier molecular flexibility index (Phi) is 8.18. The summed E-state index contributed by atoms with van der Waals surface area (Å²) in [5.41, 5.74) is 6.02. The molecule has 0 saturated carbocycles. The number of rotatable bonds is 7. The zero-order valence-electron chi connectivity index (χ0n) is 10.6. The zero-order valence-corrected chi connectivity index (χ0v) is 12.2. The van der Waals surface area contributed by atoms with Crippen LogP contribution in [0.1, 0.15) is 39.0 Å². The van der Waals surface area contributed by atoms with Crippen LogP contribution in [-0.4, -0.2) is 35.4 Å². The van der Waals surface area contributed by atoms with Gasteiger partial charge in [0.25, 0.3) is 0 Å². The second kappa shape index (κ2) is 9.14. The van der Waals surface area contributed by atoms with Gasteiger partial charge < -0.3 is 15.8 Å². The third-order valence-corrected chi connectivity index (χ3v) is 4.16. The summed E-state index contributed by atoms with van der Waals surface area (Å²) in [6.45, 7) is 3.57. The number of hydrogen-bond acceptors (Lipinski definition) is 4. The van der Waals surface area contributed by atoms with E-state index < -0.39 is 0 Å². The molecule has 17 heavy (non-hydrogen) atoms. The van der Waals surface area contributed by atoms with Crippen molar-refractivity contribution in [3.8, 4) is 0 Å². The molecule has 5 heteroatoms. The minimum absolute atomic E-state index is 0.413. The number of thioether (sulfide) groups is 1. The molecule has 0 aromatic heterocycles. The molecule has 1 saturated heterocycles. The summed E-state index contributed by atoms with van der Waals surface area (Å²) in [7, 11) is 0. The van der Waals surface area contributed by atoms with Gasteiger partial charge in [0, 0.05) is 12.6 Å². The van der Waals surface area contributed by atoms with Gasteiger partial charge in [-0.25, -0.2) is 0 Å². The van der Waals surface area contributed by atoms with Crippen molar-refractivity contribution in [2.24, 2.45) is 5.73 Å². The van der Waals surface area contributed by atoms with Crippen molar-refractivity contribution in [2.75, 3.05) is 18.9 Å². The summed E-state index contributed by atoms with van der Waals surface area (Å²) in [5.74, 6) is 1.12. The number of nitrogens with one attached hydrogen (secondary N) is 1. The minimum atomic E-state index is 0.413. The lowest BCUT2D eigenvalue weighted by atomic mass is 10.1. The number of hydrogen-bond donors (Lipinski definition) is 2. The summed E-state index contributed by atoms with van der Waals surface area (Å²) in [5, 5.41) is 3.32. The van der Waals surface area contributed by atoms with E-state index in [0.29, 0.717) is 18.0 Å². The van der Waals surface area contributed by atoms with Gasteiger partial charge >= 0.3 is 0 Å². The zero-order chi connectivity index (χ0) is 12.5. The van der Waals surface area contributed by atoms with E-state index in [0.717, 1.165) is 30.2 Å². The van der Waals surface area contributed by atoms with Gasteiger partial charge in [-0.1, -0.05) is 12.2 Å². The van der Waals surface area contributed by atoms with Crippen LogP contribution in [0.25, 0.3) is 0 Å². The largest absolute Gasteiger partial charge is 0.377 e. The molecule has 0 aliphatic carbocycles. The summed E-state index contributed by atoms with van der Waals surface area (Å²) >= 11 is 7.01. The molecule has 1 heterocycles. The first-order valence-corrected chi connectivity index (χ1v) is 7.88. The minimum Gasteiger partial charge on any atom is -0.377 e. The van der Waals surface area contributed by atoms with Crippen LogP contribution in [0, 0.1) is 0 Å². The van der Waals surface area contributed by atoms with Crippen molar-refractivity contribution < 1.29 is 4.74 Å². The summed E-state index contributed by atoms with van der Waals surface area (Å²) in [6, 6.07) is 0.425. The van der Waals surface area contributed by atoms with Crippen molar-refractivity contribution in [3.05, 3.63) is 0 Å². The van der Waals surface area contributed by atoms with E-state index in [4.69, 9.17) is 22.7 Å². The molecular weight excluding hydrogens is 252 g/mol. The molecular formula is C12H24N2OS2. The van der Waals surface area contributed by atoms with Crippen LogP contribution in [0.5, 0.6) is 0 Å². The average molecular weight is 276 g/mol. The van der Waals surface area contributed by atoms with Crippen molar-refractivity contribution in [1.82, 2.24) is 5.32 Å². The van der Waals surface area contributed by atoms with Crippen molar-refractivity contribution >= 4 is 29.0 Å². The fourth-order valence-electron chi connectivity index (χ4n) is 1.96. The average Bonchev–Trinajstić information content (AvgIpc) is 2.30. The molecule has 3 N–H and O–H groups in total. The van der Waals surface area contributed by atoms with Crippen LogP contribution < -0.4 is 11.1 Å². The Hall–Kier alpha value is 0.160. The maximum absolute atomic E-state index is 5.69. The number of nitrogens with two attached hydrogens (primary N) is 1. The van der Waals surface area contributed by atoms with Crippen LogP contribution >= 0.6 is 24.0 Å². The topological polar surface area (TPSA) is 47.3 Å². The standard InChI is InChI=1S/C12H24N2OS2/c1-10(16)14-11(5-7-13)6-9-17-12-4-2-3-8-15-12/h11-12H,2-9,13H2,1H3,(H,14,16). The molecule has 1 aliphatic heterocycles. The second-order valence-corrected chi connectivity index (χ2v) is 6.31. The maximum Gasteiger partial charge on any atom is 0.103 e. The van der Waals surface area contributed by atoms with E-state index in [1.807, 2.05) is 18.7 Å². The molecule has 2 unspecified atom stereocenters. The lowest BCUT2D eigenvalue weighted by Crippen LogP contribution is -2.34. The van der Waals surface area contributed by atoms with E-state index in [1.54, 1.807) is 0 Å². The molecule has 1 fully saturated rings. The van der Waals surface area contributed by atoms with Gasteiger partial charge in [-0.3, -0.25) is 0 Å². The predicted molar refractivity (Wildman–Crippen MR) is 79.5 cm³/mol. The van der Waals surface area contributed by atoms with Crippen molar-refractivity contribution in [1.29, 1.82) is 0 Å². The molecule has 0 bridgehead atoms. The van der Waals surface area contributed by atoms with Crippen LogP contribution in [0.15, 0.2) is 0 Å². The molecule has 0 radical (unpaired) electrons. The third-order valence-electron chi connectivity index (χ3n) is 2.83. The number of thiocarbonyl (C=S) groups is 1. The van der Waals surface area contributed by atoms with E-state index in [2.05, 4.69) is 5.32 Å². The van der Waals surface area contributed by atoms with E-state index in [-0.39, 0.29) is 0 Å². The van der Waals surface area contributed by atoms with Crippen LogP contribution in [0.4, 0.5) is 0 Å². The van der Waals surface area contributed by atoms with Gasteiger partial charge in [-0.15, -0.1) is 11.8 Å². The van der Waals surface area contributed by atoms with E-state index in [9.17, 15) is 0 Å². The third kappa shape index (κ3) is 7.24. The Morgan fingerprint density at radius 2 is 2.35 bits per heavy atom. The molecule has 2 atom stereocenters. The first-order chi connectivity index (χ1) is 8.22. The highest BCUT2D eigenvalue weighted by Gasteiger charge is 2.15. The van der Waals surface area contributed by atoms with Gasteiger partial charge in [-0.05, 0) is 51.3 Å². The molecule has 0 amide bonds. The summed E-state index contributed by atoms with van der Waals surface area (Å²) < 4.78 is 5.69. The highest BCUT2D eigenvalue weighted by atomic mass is 32.2. The predicted octanol–water partition coefficient (Wildman–Crippen LogP) is 2.29. The quantitative estimate of drug-likeness (QED) is 0.699. The lowest BCUT2D eigenvalue weighted by molar-refractivity contribution is 0.0728. The molecule has 0 spiro atoms. The first-order valence-electron chi connectivity index (χ1n) is 6.42. The molecule has 1 aliphatic rings. The normalized spacial score (nSPS) is 22.1. The van der Waals surface area contributed by atoms with Crippen LogP contribution in [0.3, 0.4) is 0 Å². The van der Waals surface area contributed by atoms with Gasteiger partial charge in [-0.2, -0.15) is 0 Å². The molecule has 100 valence electrons.